The Labute approximate surface area is 150 Å². The second kappa shape index (κ2) is 7.98. The van der Waals surface area contributed by atoms with Crippen molar-refractivity contribution in [2.75, 3.05) is 5.32 Å². The van der Waals surface area contributed by atoms with Crippen LogP contribution in [-0.2, 0) is 11.3 Å². The Morgan fingerprint density at radius 3 is 2.12 bits per heavy atom. The van der Waals surface area contributed by atoms with Crippen LogP contribution in [0.3, 0.4) is 0 Å². The van der Waals surface area contributed by atoms with Crippen LogP contribution in [-0.4, -0.2) is 17.2 Å². The summed E-state index contributed by atoms with van der Waals surface area (Å²) in [5.74, 6) is -1.11. The van der Waals surface area contributed by atoms with E-state index in [2.05, 4.69) is 5.32 Å². The number of ether oxygens (including phenoxy) is 1. The molecule has 0 bridgehead atoms. The monoisotopic (exact) mass is 347 g/mol. The van der Waals surface area contributed by atoms with Gasteiger partial charge in [-0.05, 0) is 28.8 Å². The summed E-state index contributed by atoms with van der Waals surface area (Å²) in [6, 6.07) is 23.8. The third-order valence-corrected chi connectivity index (χ3v) is 3.83. The maximum Gasteiger partial charge on any atom is 0.411 e. The van der Waals surface area contributed by atoms with Gasteiger partial charge in [0.2, 0.25) is 0 Å². The molecule has 0 aliphatic heterocycles. The summed E-state index contributed by atoms with van der Waals surface area (Å²) in [5, 5.41) is 11.6. The van der Waals surface area contributed by atoms with Gasteiger partial charge < -0.3 is 9.84 Å². The number of carbonyl (C=O) groups is 2. The highest BCUT2D eigenvalue weighted by atomic mass is 16.5. The molecule has 0 atom stereocenters. The lowest BCUT2D eigenvalue weighted by Crippen LogP contribution is -2.15. The number of anilines is 1. The molecule has 5 nitrogen and oxygen atoms in total. The highest BCUT2D eigenvalue weighted by molar-refractivity contribution is 5.98. The van der Waals surface area contributed by atoms with Gasteiger partial charge in [-0.2, -0.15) is 0 Å². The Morgan fingerprint density at radius 2 is 1.42 bits per heavy atom. The predicted molar refractivity (Wildman–Crippen MR) is 99.1 cm³/mol. The summed E-state index contributed by atoms with van der Waals surface area (Å²) >= 11 is 0. The lowest BCUT2D eigenvalue weighted by molar-refractivity contribution is 0.0698. The molecule has 0 saturated heterocycles. The summed E-state index contributed by atoms with van der Waals surface area (Å²) in [4.78, 5) is 23.1. The first-order chi connectivity index (χ1) is 12.6. The molecule has 0 unspecified atom stereocenters. The van der Waals surface area contributed by atoms with Gasteiger partial charge in [0, 0.05) is 0 Å². The number of amides is 1. The zero-order chi connectivity index (χ0) is 18.4. The number of hydrogen-bond donors (Lipinski definition) is 2. The fourth-order valence-corrected chi connectivity index (χ4v) is 2.50. The van der Waals surface area contributed by atoms with Gasteiger partial charge in [-0.25, -0.2) is 9.59 Å². The van der Waals surface area contributed by atoms with Crippen LogP contribution in [0.1, 0.15) is 15.9 Å². The van der Waals surface area contributed by atoms with Gasteiger partial charge in [0.1, 0.15) is 6.61 Å². The van der Waals surface area contributed by atoms with E-state index in [4.69, 9.17) is 9.84 Å². The van der Waals surface area contributed by atoms with Crippen molar-refractivity contribution in [3.63, 3.8) is 0 Å². The topological polar surface area (TPSA) is 75.6 Å². The average molecular weight is 347 g/mol. The largest absolute Gasteiger partial charge is 0.478 e. The molecule has 26 heavy (non-hydrogen) atoms. The number of carboxylic acid groups (broad SMARTS) is 1. The van der Waals surface area contributed by atoms with Crippen LogP contribution < -0.4 is 5.32 Å². The maximum absolute atomic E-state index is 11.9. The van der Waals surface area contributed by atoms with E-state index in [-0.39, 0.29) is 17.9 Å². The summed E-state index contributed by atoms with van der Waals surface area (Å²) in [7, 11) is 0. The van der Waals surface area contributed by atoms with Crippen LogP contribution in [0, 0.1) is 0 Å². The van der Waals surface area contributed by atoms with Gasteiger partial charge in [0.05, 0.1) is 11.3 Å². The van der Waals surface area contributed by atoms with Crippen molar-refractivity contribution in [2.24, 2.45) is 0 Å². The molecular formula is C21H17NO4. The minimum absolute atomic E-state index is 0.0108. The zero-order valence-electron chi connectivity index (χ0n) is 13.9. The summed E-state index contributed by atoms with van der Waals surface area (Å²) < 4.78 is 5.17. The molecule has 0 heterocycles. The normalized spacial score (nSPS) is 10.2. The highest BCUT2D eigenvalue weighted by Gasteiger charge is 2.12. The summed E-state index contributed by atoms with van der Waals surface area (Å²) in [5.41, 5.74) is 3.24. The second-order valence-corrected chi connectivity index (χ2v) is 5.61. The first-order valence-corrected chi connectivity index (χ1v) is 8.04. The van der Waals surface area contributed by atoms with Crippen molar-refractivity contribution in [1.29, 1.82) is 0 Å². The summed E-state index contributed by atoms with van der Waals surface area (Å²) in [6.07, 6.45) is -0.703. The van der Waals surface area contributed by atoms with Crippen LogP contribution in [0.2, 0.25) is 0 Å². The Bertz CT molecular complexity index is 905. The van der Waals surface area contributed by atoms with E-state index in [1.54, 1.807) is 12.1 Å². The van der Waals surface area contributed by atoms with Gasteiger partial charge in [-0.15, -0.1) is 0 Å². The number of para-hydroxylation sites is 1. The van der Waals surface area contributed by atoms with Crippen molar-refractivity contribution >= 4 is 17.7 Å². The molecule has 1 amide bonds. The number of hydrogen-bond acceptors (Lipinski definition) is 3. The van der Waals surface area contributed by atoms with Crippen LogP contribution in [0.4, 0.5) is 10.5 Å². The molecule has 3 rings (SSSR count). The Hall–Kier alpha value is -3.60. The lowest BCUT2D eigenvalue weighted by atomic mass is 10.0. The molecule has 0 fully saturated rings. The lowest BCUT2D eigenvalue weighted by Gasteiger charge is -2.09. The Kier molecular flexibility index (Phi) is 5.29. The van der Waals surface area contributed by atoms with E-state index < -0.39 is 12.1 Å². The van der Waals surface area contributed by atoms with Crippen LogP contribution in [0.5, 0.6) is 0 Å². The van der Waals surface area contributed by atoms with Crippen molar-refractivity contribution < 1.29 is 19.4 Å². The molecule has 2 N–H and O–H groups in total. The van der Waals surface area contributed by atoms with Crippen LogP contribution in [0.25, 0.3) is 11.1 Å². The van der Waals surface area contributed by atoms with E-state index in [0.29, 0.717) is 0 Å². The second-order valence-electron chi connectivity index (χ2n) is 5.61. The molecule has 0 radical (unpaired) electrons. The third kappa shape index (κ3) is 4.27. The van der Waals surface area contributed by atoms with Gasteiger partial charge >= 0.3 is 12.1 Å². The fraction of sp³-hybridized carbons (Fsp3) is 0.0476. The molecular weight excluding hydrogens is 330 g/mol. The minimum atomic E-state index is -1.11. The SMILES string of the molecule is O=C(Nc1ccccc1C(=O)O)OCc1ccc(-c2ccccc2)cc1. The predicted octanol–water partition coefficient (Wildman–Crippen LogP) is 4.80. The van der Waals surface area contributed by atoms with E-state index in [0.717, 1.165) is 16.7 Å². The molecule has 5 heteroatoms. The first-order valence-electron chi connectivity index (χ1n) is 8.04. The standard InChI is InChI=1S/C21H17NO4/c23-20(24)18-8-4-5-9-19(18)22-21(25)26-14-15-10-12-17(13-11-15)16-6-2-1-3-7-16/h1-13H,14H2,(H,22,25)(H,23,24). The number of carboxylic acids is 1. The quantitative estimate of drug-likeness (QED) is 0.695. The number of carbonyl (C=O) groups excluding carboxylic acids is 1. The van der Waals surface area contributed by atoms with E-state index in [1.807, 2.05) is 54.6 Å². The van der Waals surface area contributed by atoms with Crippen molar-refractivity contribution in [2.45, 2.75) is 6.61 Å². The molecule has 0 aliphatic carbocycles. The van der Waals surface area contributed by atoms with E-state index in [1.165, 1.54) is 12.1 Å². The van der Waals surface area contributed by atoms with Gasteiger partial charge in [-0.1, -0.05) is 66.7 Å². The molecule has 0 saturated carbocycles. The number of nitrogens with one attached hydrogen (secondary N) is 1. The molecule has 3 aromatic rings. The molecule has 0 aliphatic rings. The van der Waals surface area contributed by atoms with Crippen LogP contribution >= 0.6 is 0 Å². The smallest absolute Gasteiger partial charge is 0.411 e. The Morgan fingerprint density at radius 1 is 0.808 bits per heavy atom. The molecule has 130 valence electrons. The van der Waals surface area contributed by atoms with Crippen LogP contribution in [0.15, 0.2) is 78.9 Å². The fourth-order valence-electron chi connectivity index (χ4n) is 2.50. The maximum atomic E-state index is 11.9. The average Bonchev–Trinajstić information content (AvgIpc) is 2.68. The Balaban J connectivity index is 1.59. The van der Waals surface area contributed by atoms with E-state index >= 15 is 0 Å². The summed E-state index contributed by atoms with van der Waals surface area (Å²) in [6.45, 7) is 0.0934. The zero-order valence-corrected chi connectivity index (χ0v) is 13.9. The third-order valence-electron chi connectivity index (χ3n) is 3.83. The number of rotatable bonds is 5. The van der Waals surface area contributed by atoms with Crippen molar-refractivity contribution in [3.05, 3.63) is 90.0 Å². The van der Waals surface area contributed by atoms with Crippen molar-refractivity contribution in [1.82, 2.24) is 0 Å². The van der Waals surface area contributed by atoms with Gasteiger partial charge in [0.15, 0.2) is 0 Å². The highest BCUT2D eigenvalue weighted by Crippen LogP contribution is 2.20. The molecule has 0 spiro atoms. The van der Waals surface area contributed by atoms with Gasteiger partial charge in [0.25, 0.3) is 0 Å². The first kappa shape index (κ1) is 17.2. The minimum Gasteiger partial charge on any atom is -0.478 e. The molecule has 0 aromatic heterocycles. The number of benzene rings is 3. The van der Waals surface area contributed by atoms with E-state index in [9.17, 15) is 9.59 Å². The molecule has 3 aromatic carbocycles. The number of aromatic carboxylic acids is 1. The van der Waals surface area contributed by atoms with Crippen molar-refractivity contribution in [3.8, 4) is 11.1 Å². The van der Waals surface area contributed by atoms with Gasteiger partial charge in [-0.3, -0.25) is 5.32 Å².